The van der Waals surface area contributed by atoms with Crippen molar-refractivity contribution in [1.82, 2.24) is 4.90 Å². The summed E-state index contributed by atoms with van der Waals surface area (Å²) in [7, 11) is 2.03. The van der Waals surface area contributed by atoms with Gasteiger partial charge in [0.25, 0.3) is 0 Å². The molecule has 0 N–H and O–H groups in total. The molecule has 3 nitrogen and oxygen atoms in total. The van der Waals surface area contributed by atoms with Crippen LogP contribution in [0.4, 0.5) is 0 Å². The Kier molecular flexibility index (Phi) is 4.61. The molecule has 0 saturated carbocycles. The molecule has 0 bridgehead atoms. The first kappa shape index (κ1) is 15.2. The van der Waals surface area contributed by atoms with Crippen molar-refractivity contribution in [2.24, 2.45) is 0 Å². The van der Waals surface area contributed by atoms with Crippen molar-refractivity contribution in [1.29, 1.82) is 0 Å². The van der Waals surface area contributed by atoms with E-state index in [0.717, 1.165) is 18.6 Å². The fraction of sp³-hybridized carbons (Fsp3) is 0.588. The van der Waals surface area contributed by atoms with Gasteiger partial charge in [-0.15, -0.1) is 0 Å². The van der Waals surface area contributed by atoms with Crippen LogP contribution in [0, 0.1) is 13.8 Å². The zero-order valence-electron chi connectivity index (χ0n) is 13.1. The van der Waals surface area contributed by atoms with Gasteiger partial charge in [-0.1, -0.05) is 12.1 Å². The monoisotopic (exact) mass is 275 g/mol. The lowest BCUT2D eigenvalue weighted by Gasteiger charge is -2.31. The summed E-state index contributed by atoms with van der Waals surface area (Å²) in [5.74, 6) is 0.190. The Bertz CT molecular complexity index is 498. The minimum absolute atomic E-state index is 0.119. The van der Waals surface area contributed by atoms with Gasteiger partial charge in [0, 0.05) is 18.2 Å². The number of Topliss-reactive ketones (excluding diaryl/α,β-unsaturated/α-hetero) is 1. The van der Waals surface area contributed by atoms with E-state index in [4.69, 9.17) is 4.74 Å². The van der Waals surface area contributed by atoms with E-state index >= 15 is 0 Å². The number of rotatable bonds is 4. The molecule has 0 spiro atoms. The highest BCUT2D eigenvalue weighted by Crippen LogP contribution is 2.22. The Balaban J connectivity index is 2.13. The number of ketones is 1. The molecule has 3 heteroatoms. The highest BCUT2D eigenvalue weighted by Gasteiger charge is 2.32. The summed E-state index contributed by atoms with van der Waals surface area (Å²) in [5.41, 5.74) is 3.20. The first-order valence-electron chi connectivity index (χ1n) is 7.37. The normalized spacial score (nSPS) is 24.1. The molecule has 1 aliphatic rings. The predicted octanol–water partition coefficient (Wildman–Crippen LogP) is 2.98. The van der Waals surface area contributed by atoms with E-state index in [9.17, 15) is 4.79 Å². The minimum Gasteiger partial charge on any atom is -0.377 e. The Morgan fingerprint density at radius 1 is 1.35 bits per heavy atom. The van der Waals surface area contributed by atoms with E-state index in [0.29, 0.717) is 6.04 Å². The van der Waals surface area contributed by atoms with Gasteiger partial charge in [-0.05, 0) is 58.4 Å². The average Bonchev–Trinajstić information content (AvgIpc) is 2.85. The van der Waals surface area contributed by atoms with Crippen LogP contribution >= 0.6 is 0 Å². The van der Waals surface area contributed by atoms with E-state index in [1.807, 2.05) is 39.1 Å². The molecule has 1 aliphatic heterocycles. The molecule has 1 heterocycles. The van der Waals surface area contributed by atoms with Gasteiger partial charge in [0.1, 0.15) is 0 Å². The summed E-state index contributed by atoms with van der Waals surface area (Å²) in [6.07, 6.45) is 1.21. The van der Waals surface area contributed by atoms with Gasteiger partial charge in [-0.3, -0.25) is 9.69 Å². The second-order valence-corrected chi connectivity index (χ2v) is 5.94. The molecule has 1 fully saturated rings. The summed E-state index contributed by atoms with van der Waals surface area (Å²) in [5, 5.41) is 0. The SMILES string of the molecule is Cc1ccc(C(=O)C(C)N(C)C2CCOC2C)cc1C. The molecule has 0 aliphatic carbocycles. The summed E-state index contributed by atoms with van der Waals surface area (Å²) in [6, 6.07) is 6.17. The Labute approximate surface area is 121 Å². The van der Waals surface area contributed by atoms with E-state index < -0.39 is 0 Å². The predicted molar refractivity (Wildman–Crippen MR) is 81.3 cm³/mol. The quantitative estimate of drug-likeness (QED) is 0.791. The maximum absolute atomic E-state index is 12.6. The van der Waals surface area contributed by atoms with Gasteiger partial charge < -0.3 is 4.74 Å². The van der Waals surface area contributed by atoms with Crippen molar-refractivity contribution < 1.29 is 9.53 Å². The zero-order valence-corrected chi connectivity index (χ0v) is 13.1. The number of hydrogen-bond acceptors (Lipinski definition) is 3. The summed E-state index contributed by atoms with van der Waals surface area (Å²) in [6.45, 7) is 8.98. The molecule has 3 unspecified atom stereocenters. The van der Waals surface area contributed by atoms with Crippen LogP contribution in [0.25, 0.3) is 0 Å². The first-order chi connectivity index (χ1) is 9.41. The summed E-state index contributed by atoms with van der Waals surface area (Å²) in [4.78, 5) is 14.8. The van der Waals surface area contributed by atoms with Crippen molar-refractivity contribution >= 4 is 5.78 Å². The Hall–Kier alpha value is -1.19. The van der Waals surface area contributed by atoms with Gasteiger partial charge in [0.2, 0.25) is 0 Å². The third kappa shape index (κ3) is 2.94. The molecule has 1 aromatic rings. The van der Waals surface area contributed by atoms with Crippen molar-refractivity contribution in [2.45, 2.75) is 52.3 Å². The Morgan fingerprint density at radius 2 is 2.05 bits per heavy atom. The van der Waals surface area contributed by atoms with Crippen molar-refractivity contribution in [2.75, 3.05) is 13.7 Å². The topological polar surface area (TPSA) is 29.5 Å². The molecule has 110 valence electrons. The van der Waals surface area contributed by atoms with Crippen LogP contribution in [0.3, 0.4) is 0 Å². The molecule has 2 rings (SSSR count). The maximum Gasteiger partial charge on any atom is 0.179 e. The third-order valence-corrected chi connectivity index (χ3v) is 4.64. The van der Waals surface area contributed by atoms with E-state index in [1.54, 1.807) is 0 Å². The number of likely N-dealkylation sites (N-methyl/N-ethyl adjacent to an activating group) is 1. The van der Waals surface area contributed by atoms with Crippen molar-refractivity contribution in [3.8, 4) is 0 Å². The van der Waals surface area contributed by atoms with Crippen LogP contribution in [0.15, 0.2) is 18.2 Å². The molecule has 1 aromatic carbocycles. The fourth-order valence-corrected chi connectivity index (χ4v) is 2.86. The van der Waals surface area contributed by atoms with Gasteiger partial charge >= 0.3 is 0 Å². The highest BCUT2D eigenvalue weighted by molar-refractivity contribution is 6.00. The Morgan fingerprint density at radius 3 is 2.60 bits per heavy atom. The standard InChI is InChI=1S/C17H25NO2/c1-11-6-7-15(10-12(11)2)17(19)13(3)18(5)16-8-9-20-14(16)4/h6-7,10,13-14,16H,8-9H2,1-5H3. The third-order valence-electron chi connectivity index (χ3n) is 4.64. The first-order valence-corrected chi connectivity index (χ1v) is 7.37. The van der Waals surface area contributed by atoms with Crippen molar-refractivity contribution in [3.05, 3.63) is 34.9 Å². The number of nitrogens with zero attached hydrogens (tertiary/aromatic N) is 1. The average molecular weight is 275 g/mol. The van der Waals surface area contributed by atoms with E-state index in [1.165, 1.54) is 11.1 Å². The lowest BCUT2D eigenvalue weighted by atomic mass is 9.98. The summed E-state index contributed by atoms with van der Waals surface area (Å²) >= 11 is 0. The van der Waals surface area contributed by atoms with E-state index in [2.05, 4.69) is 18.7 Å². The maximum atomic E-state index is 12.6. The number of carbonyl (C=O) groups excluding carboxylic acids is 1. The molecule has 0 radical (unpaired) electrons. The lowest BCUT2D eigenvalue weighted by molar-refractivity contribution is 0.0605. The van der Waals surface area contributed by atoms with Gasteiger partial charge in [0.15, 0.2) is 5.78 Å². The number of carbonyl (C=O) groups is 1. The fourth-order valence-electron chi connectivity index (χ4n) is 2.86. The van der Waals surface area contributed by atoms with Crippen LogP contribution in [0.1, 0.15) is 41.8 Å². The van der Waals surface area contributed by atoms with Crippen molar-refractivity contribution in [3.63, 3.8) is 0 Å². The van der Waals surface area contributed by atoms with Crippen LogP contribution < -0.4 is 0 Å². The molecule has 1 saturated heterocycles. The smallest absolute Gasteiger partial charge is 0.179 e. The second kappa shape index (κ2) is 6.06. The van der Waals surface area contributed by atoms with Gasteiger partial charge in [0.05, 0.1) is 12.1 Å². The lowest BCUT2D eigenvalue weighted by Crippen LogP contribution is -2.46. The molecule has 0 aromatic heterocycles. The largest absolute Gasteiger partial charge is 0.377 e. The molecule has 3 atom stereocenters. The zero-order chi connectivity index (χ0) is 14.9. The molecular formula is C17H25NO2. The summed E-state index contributed by atoms with van der Waals surface area (Å²) < 4.78 is 5.60. The molecule has 0 amide bonds. The van der Waals surface area contributed by atoms with Gasteiger partial charge in [-0.2, -0.15) is 0 Å². The van der Waals surface area contributed by atoms with Crippen LogP contribution in [0.5, 0.6) is 0 Å². The molecule has 20 heavy (non-hydrogen) atoms. The number of hydrogen-bond donors (Lipinski definition) is 0. The van der Waals surface area contributed by atoms with Gasteiger partial charge in [-0.25, -0.2) is 0 Å². The highest BCUT2D eigenvalue weighted by atomic mass is 16.5. The number of benzene rings is 1. The second-order valence-electron chi connectivity index (χ2n) is 5.94. The number of aryl methyl sites for hydroxylation is 2. The number of ether oxygens (including phenoxy) is 1. The van der Waals surface area contributed by atoms with E-state index in [-0.39, 0.29) is 17.9 Å². The molecular weight excluding hydrogens is 250 g/mol. The minimum atomic E-state index is -0.119. The van der Waals surface area contributed by atoms with Crippen LogP contribution in [-0.4, -0.2) is 42.5 Å². The van der Waals surface area contributed by atoms with Crippen LogP contribution in [0.2, 0.25) is 0 Å². The van der Waals surface area contributed by atoms with Crippen LogP contribution in [-0.2, 0) is 4.74 Å².